The van der Waals surface area contributed by atoms with E-state index in [1.54, 1.807) is 0 Å². The highest BCUT2D eigenvalue weighted by atomic mass is 127. The van der Waals surface area contributed by atoms with Gasteiger partial charge in [0.25, 0.3) is 0 Å². The van der Waals surface area contributed by atoms with Crippen LogP contribution in [0.5, 0.6) is 0 Å². The number of hydrogen-bond donors (Lipinski definition) is 3. The molecule has 0 aliphatic carbocycles. The molecule has 0 heterocycles. The lowest BCUT2D eigenvalue weighted by atomic mass is 10.2. The molecule has 0 aliphatic heterocycles. The van der Waals surface area contributed by atoms with Gasteiger partial charge in [-0.2, -0.15) is 0 Å². The summed E-state index contributed by atoms with van der Waals surface area (Å²) in [5.74, 6) is 0.525. The topological polar surface area (TPSA) is 82.6 Å². The third-order valence-electron chi connectivity index (χ3n) is 3.66. The minimum absolute atomic E-state index is 0. The zero-order valence-electron chi connectivity index (χ0n) is 15.7. The molecule has 2 aromatic rings. The second-order valence-corrected chi connectivity index (χ2v) is 8.24. The molecule has 0 fully saturated rings. The van der Waals surface area contributed by atoms with Gasteiger partial charge in [-0.05, 0) is 30.2 Å². The van der Waals surface area contributed by atoms with E-state index in [0.29, 0.717) is 24.1 Å². The van der Waals surface area contributed by atoms with Gasteiger partial charge in [-0.1, -0.05) is 54.1 Å². The van der Waals surface area contributed by atoms with Gasteiger partial charge in [-0.15, -0.1) is 24.0 Å². The van der Waals surface area contributed by atoms with Gasteiger partial charge in [0, 0.05) is 24.7 Å². The summed E-state index contributed by atoms with van der Waals surface area (Å²) in [4.78, 5) is 4.46. The number of halogens is 2. The van der Waals surface area contributed by atoms with Crippen LogP contribution in [0.2, 0.25) is 5.02 Å². The Morgan fingerprint density at radius 1 is 1.04 bits per heavy atom. The molecule has 9 heteroatoms. The van der Waals surface area contributed by atoms with Gasteiger partial charge in [0.15, 0.2) is 5.96 Å². The van der Waals surface area contributed by atoms with Crippen molar-refractivity contribution in [2.75, 3.05) is 18.8 Å². The van der Waals surface area contributed by atoms with E-state index in [0.717, 1.165) is 11.1 Å². The van der Waals surface area contributed by atoms with Gasteiger partial charge >= 0.3 is 0 Å². The summed E-state index contributed by atoms with van der Waals surface area (Å²) in [5, 5.41) is 6.81. The third-order valence-corrected chi connectivity index (χ3v) is 5.22. The molecule has 0 amide bonds. The number of nitrogens with one attached hydrogen (secondary N) is 3. The predicted molar refractivity (Wildman–Crippen MR) is 127 cm³/mol. The van der Waals surface area contributed by atoms with Crippen LogP contribution in [-0.2, 0) is 23.1 Å². The summed E-state index contributed by atoms with van der Waals surface area (Å²) in [6.45, 7) is 3.63. The standard InChI is InChI=1S/C19H25ClN4O2S.HI/c1-2-21-19(23-14-17-9-6-10-18(20)13-17)22-11-12-27(25,26)24-15-16-7-4-3-5-8-16;/h3-10,13,24H,2,11-12,14-15H2,1H3,(H2,21,22,23);1H. The number of rotatable bonds is 9. The fourth-order valence-corrected chi connectivity index (χ4v) is 3.43. The van der Waals surface area contributed by atoms with Gasteiger partial charge in [0.2, 0.25) is 10.0 Å². The largest absolute Gasteiger partial charge is 0.357 e. The van der Waals surface area contributed by atoms with E-state index in [1.165, 1.54) is 0 Å². The highest BCUT2D eigenvalue weighted by molar-refractivity contribution is 14.0. The van der Waals surface area contributed by atoms with E-state index < -0.39 is 10.0 Å². The fourth-order valence-electron chi connectivity index (χ4n) is 2.31. The number of sulfonamides is 1. The quantitative estimate of drug-likeness (QED) is 0.261. The molecule has 2 rings (SSSR count). The Bertz CT molecular complexity index is 848. The Hall–Kier alpha value is -1.36. The maximum atomic E-state index is 12.1. The second-order valence-electron chi connectivity index (χ2n) is 5.88. The van der Waals surface area contributed by atoms with Crippen LogP contribution >= 0.6 is 35.6 Å². The second kappa shape index (κ2) is 13.0. The molecule has 0 atom stereocenters. The lowest BCUT2D eigenvalue weighted by molar-refractivity contribution is 0.580. The molecule has 2 aromatic carbocycles. The van der Waals surface area contributed by atoms with Crippen molar-refractivity contribution < 1.29 is 8.42 Å². The zero-order chi connectivity index (χ0) is 19.5. The fraction of sp³-hybridized carbons (Fsp3) is 0.316. The molecule has 0 aromatic heterocycles. The molecule has 6 nitrogen and oxygen atoms in total. The van der Waals surface area contributed by atoms with E-state index in [9.17, 15) is 8.42 Å². The Morgan fingerprint density at radius 2 is 1.75 bits per heavy atom. The van der Waals surface area contributed by atoms with Crippen molar-refractivity contribution in [3.05, 3.63) is 70.7 Å². The molecule has 0 spiro atoms. The molecular weight excluding hydrogens is 511 g/mol. The van der Waals surface area contributed by atoms with Gasteiger partial charge in [0.05, 0.1) is 12.3 Å². The summed E-state index contributed by atoms with van der Waals surface area (Å²) >= 11 is 5.98. The Morgan fingerprint density at radius 3 is 2.43 bits per heavy atom. The van der Waals surface area contributed by atoms with Crippen LogP contribution in [0.4, 0.5) is 0 Å². The van der Waals surface area contributed by atoms with Crippen LogP contribution in [0, 0.1) is 0 Å². The summed E-state index contributed by atoms with van der Waals surface area (Å²) in [6, 6.07) is 16.9. The van der Waals surface area contributed by atoms with Gasteiger partial charge in [0.1, 0.15) is 0 Å². The first kappa shape index (κ1) is 24.7. The zero-order valence-corrected chi connectivity index (χ0v) is 19.6. The minimum Gasteiger partial charge on any atom is -0.357 e. The summed E-state index contributed by atoms with van der Waals surface area (Å²) in [5.41, 5.74) is 1.90. The number of benzene rings is 2. The van der Waals surface area contributed by atoms with E-state index >= 15 is 0 Å². The van der Waals surface area contributed by atoms with E-state index in [-0.39, 0.29) is 42.8 Å². The van der Waals surface area contributed by atoms with Crippen LogP contribution in [0.15, 0.2) is 59.6 Å². The molecule has 3 N–H and O–H groups in total. The number of aliphatic imine (C=N–C) groups is 1. The third kappa shape index (κ3) is 9.72. The van der Waals surface area contributed by atoms with Crippen molar-refractivity contribution in [1.82, 2.24) is 15.4 Å². The van der Waals surface area contributed by atoms with Crippen LogP contribution in [0.25, 0.3) is 0 Å². The lowest BCUT2D eigenvalue weighted by Gasteiger charge is -2.12. The van der Waals surface area contributed by atoms with Crippen LogP contribution in [-0.4, -0.2) is 33.2 Å². The Kier molecular flexibility index (Phi) is 11.4. The molecule has 154 valence electrons. The van der Waals surface area contributed by atoms with Crippen molar-refractivity contribution in [1.29, 1.82) is 0 Å². The summed E-state index contributed by atoms with van der Waals surface area (Å²) in [6.07, 6.45) is 0. The maximum absolute atomic E-state index is 12.1. The average Bonchev–Trinajstić information content (AvgIpc) is 2.65. The van der Waals surface area contributed by atoms with Crippen molar-refractivity contribution in [3.63, 3.8) is 0 Å². The molecule has 28 heavy (non-hydrogen) atoms. The van der Waals surface area contributed by atoms with Gasteiger partial charge in [-0.25, -0.2) is 18.1 Å². The van der Waals surface area contributed by atoms with Crippen LogP contribution in [0.1, 0.15) is 18.1 Å². The first-order valence-electron chi connectivity index (χ1n) is 8.76. The normalized spacial score (nSPS) is 11.6. The van der Waals surface area contributed by atoms with Crippen molar-refractivity contribution in [2.24, 2.45) is 4.99 Å². The SMILES string of the molecule is CCNC(=NCc1cccc(Cl)c1)NCCS(=O)(=O)NCc1ccccc1.I. The molecule has 0 saturated heterocycles. The molecule has 0 aliphatic rings. The van der Waals surface area contributed by atoms with E-state index in [2.05, 4.69) is 20.3 Å². The van der Waals surface area contributed by atoms with Crippen LogP contribution < -0.4 is 15.4 Å². The van der Waals surface area contributed by atoms with Crippen molar-refractivity contribution in [3.8, 4) is 0 Å². The predicted octanol–water partition coefficient (Wildman–Crippen LogP) is 3.13. The highest BCUT2D eigenvalue weighted by Gasteiger charge is 2.10. The van der Waals surface area contributed by atoms with E-state index in [4.69, 9.17) is 11.6 Å². The highest BCUT2D eigenvalue weighted by Crippen LogP contribution is 2.11. The first-order chi connectivity index (χ1) is 13.0. The molecule has 0 saturated carbocycles. The van der Waals surface area contributed by atoms with E-state index in [1.807, 2.05) is 61.5 Å². The number of nitrogens with zero attached hydrogens (tertiary/aromatic N) is 1. The van der Waals surface area contributed by atoms with Crippen molar-refractivity contribution >= 4 is 51.6 Å². The molecule has 0 bridgehead atoms. The minimum atomic E-state index is -3.38. The summed E-state index contributed by atoms with van der Waals surface area (Å²) in [7, 11) is -3.38. The first-order valence-corrected chi connectivity index (χ1v) is 10.8. The Balaban J connectivity index is 0.00000392. The molecule has 0 radical (unpaired) electrons. The number of hydrogen-bond acceptors (Lipinski definition) is 3. The summed E-state index contributed by atoms with van der Waals surface area (Å²) < 4.78 is 26.9. The molecular formula is C19H26ClIN4O2S. The lowest BCUT2D eigenvalue weighted by Crippen LogP contribution is -2.41. The Labute approximate surface area is 189 Å². The van der Waals surface area contributed by atoms with Gasteiger partial charge in [-0.3, -0.25) is 0 Å². The molecule has 0 unspecified atom stereocenters. The van der Waals surface area contributed by atoms with Crippen LogP contribution in [0.3, 0.4) is 0 Å². The number of guanidine groups is 1. The monoisotopic (exact) mass is 536 g/mol. The maximum Gasteiger partial charge on any atom is 0.213 e. The smallest absolute Gasteiger partial charge is 0.213 e. The average molecular weight is 537 g/mol. The van der Waals surface area contributed by atoms with Crippen molar-refractivity contribution in [2.45, 2.75) is 20.0 Å². The van der Waals surface area contributed by atoms with Gasteiger partial charge < -0.3 is 10.6 Å².